The average Bonchev–Trinajstić information content (AvgIpc) is 3.22. The lowest BCUT2D eigenvalue weighted by molar-refractivity contribution is 0.104. The number of ether oxygens (including phenoxy) is 4. The number of hydrogen-bond donors (Lipinski definition) is 0. The van der Waals surface area contributed by atoms with Gasteiger partial charge in [-0.1, -0.05) is 12.1 Å². The van der Waals surface area contributed by atoms with E-state index in [1.165, 1.54) is 32.7 Å². The summed E-state index contributed by atoms with van der Waals surface area (Å²) in [6.07, 6.45) is 0. The summed E-state index contributed by atoms with van der Waals surface area (Å²) in [5.74, 6) is 2.03. The Labute approximate surface area is 162 Å². The van der Waals surface area contributed by atoms with Gasteiger partial charge in [0.25, 0.3) is 0 Å². The second-order valence-corrected chi connectivity index (χ2v) is 6.59. The SMILES string of the molecule is COc1cccc(-c2csc(C(=O)c3cc(OC)c(OC)c(OC)c3)c2)c1. The maximum atomic E-state index is 13.0. The number of carbonyl (C=O) groups is 1. The average molecular weight is 384 g/mol. The molecule has 0 saturated carbocycles. The van der Waals surface area contributed by atoms with Crippen molar-refractivity contribution in [3.63, 3.8) is 0 Å². The van der Waals surface area contributed by atoms with Crippen molar-refractivity contribution in [3.05, 3.63) is 58.3 Å². The first kappa shape index (κ1) is 18.8. The minimum atomic E-state index is -0.103. The van der Waals surface area contributed by atoms with Crippen LogP contribution in [0.4, 0.5) is 0 Å². The summed E-state index contributed by atoms with van der Waals surface area (Å²) >= 11 is 1.39. The maximum absolute atomic E-state index is 13.0. The molecule has 0 radical (unpaired) electrons. The van der Waals surface area contributed by atoms with Gasteiger partial charge in [-0.2, -0.15) is 0 Å². The van der Waals surface area contributed by atoms with Crippen LogP contribution in [0.1, 0.15) is 15.2 Å². The van der Waals surface area contributed by atoms with Crippen molar-refractivity contribution >= 4 is 17.1 Å². The maximum Gasteiger partial charge on any atom is 0.203 e. The summed E-state index contributed by atoms with van der Waals surface area (Å²) in [4.78, 5) is 13.6. The summed E-state index contributed by atoms with van der Waals surface area (Å²) in [6, 6.07) is 12.9. The molecule has 0 amide bonds. The van der Waals surface area contributed by atoms with Crippen molar-refractivity contribution in [3.8, 4) is 34.1 Å². The fourth-order valence-corrected chi connectivity index (χ4v) is 3.64. The molecule has 27 heavy (non-hydrogen) atoms. The van der Waals surface area contributed by atoms with E-state index in [0.29, 0.717) is 27.7 Å². The van der Waals surface area contributed by atoms with Gasteiger partial charge in [-0.3, -0.25) is 4.79 Å². The fourth-order valence-electron chi connectivity index (χ4n) is 2.76. The van der Waals surface area contributed by atoms with Crippen LogP contribution in [0.15, 0.2) is 47.8 Å². The highest BCUT2D eigenvalue weighted by molar-refractivity contribution is 7.12. The lowest BCUT2D eigenvalue weighted by Crippen LogP contribution is -2.02. The Balaban J connectivity index is 1.96. The highest BCUT2D eigenvalue weighted by Gasteiger charge is 2.19. The van der Waals surface area contributed by atoms with Crippen molar-refractivity contribution in [2.45, 2.75) is 0 Å². The molecule has 1 aromatic heterocycles. The van der Waals surface area contributed by atoms with Crippen LogP contribution in [0.5, 0.6) is 23.0 Å². The van der Waals surface area contributed by atoms with E-state index in [1.54, 1.807) is 19.2 Å². The summed E-state index contributed by atoms with van der Waals surface area (Å²) in [6.45, 7) is 0. The molecule has 0 bridgehead atoms. The molecule has 1 heterocycles. The molecular weight excluding hydrogens is 364 g/mol. The highest BCUT2D eigenvalue weighted by Crippen LogP contribution is 2.39. The Bertz CT molecular complexity index is 936. The molecule has 3 rings (SSSR count). The molecule has 0 spiro atoms. The molecule has 6 heteroatoms. The zero-order valence-electron chi connectivity index (χ0n) is 15.6. The van der Waals surface area contributed by atoms with Gasteiger partial charge < -0.3 is 18.9 Å². The van der Waals surface area contributed by atoms with Crippen molar-refractivity contribution in [2.75, 3.05) is 28.4 Å². The Hall–Kier alpha value is -2.99. The van der Waals surface area contributed by atoms with E-state index >= 15 is 0 Å². The van der Waals surface area contributed by atoms with E-state index in [9.17, 15) is 4.79 Å². The Morgan fingerprint density at radius 1 is 0.815 bits per heavy atom. The second kappa shape index (κ2) is 8.14. The standard InChI is InChI=1S/C21H20O5S/c1-23-16-7-5-6-13(8-16)15-11-19(27-12-15)20(22)14-9-17(24-2)21(26-4)18(10-14)25-3/h5-12H,1-4H3. The van der Waals surface area contributed by atoms with Crippen LogP contribution < -0.4 is 18.9 Å². The molecule has 0 N–H and O–H groups in total. The van der Waals surface area contributed by atoms with E-state index in [-0.39, 0.29) is 5.78 Å². The first-order valence-electron chi connectivity index (χ1n) is 8.19. The predicted molar refractivity (Wildman–Crippen MR) is 106 cm³/mol. The molecule has 0 unspecified atom stereocenters. The summed E-state index contributed by atoms with van der Waals surface area (Å²) in [7, 11) is 6.21. The Morgan fingerprint density at radius 3 is 2.11 bits per heavy atom. The van der Waals surface area contributed by atoms with Gasteiger partial charge in [-0.05, 0) is 46.8 Å². The van der Waals surface area contributed by atoms with Crippen LogP contribution in [0.3, 0.4) is 0 Å². The molecule has 3 aromatic rings. The number of thiophene rings is 1. The lowest BCUT2D eigenvalue weighted by Gasteiger charge is -2.13. The molecule has 0 saturated heterocycles. The largest absolute Gasteiger partial charge is 0.497 e. The Morgan fingerprint density at radius 2 is 1.52 bits per heavy atom. The first-order chi connectivity index (χ1) is 13.1. The number of rotatable bonds is 7. The topological polar surface area (TPSA) is 54.0 Å². The molecular formula is C21H20O5S. The van der Waals surface area contributed by atoms with Crippen LogP contribution >= 0.6 is 11.3 Å². The third-order valence-corrected chi connectivity index (χ3v) is 5.08. The van der Waals surface area contributed by atoms with Gasteiger partial charge in [0.05, 0.1) is 33.3 Å². The highest BCUT2D eigenvalue weighted by atomic mass is 32.1. The predicted octanol–water partition coefficient (Wildman–Crippen LogP) is 4.68. The van der Waals surface area contributed by atoms with Gasteiger partial charge in [0.15, 0.2) is 11.5 Å². The molecule has 2 aromatic carbocycles. The van der Waals surface area contributed by atoms with E-state index in [4.69, 9.17) is 18.9 Å². The van der Waals surface area contributed by atoms with Gasteiger partial charge in [0.1, 0.15) is 5.75 Å². The fraction of sp³-hybridized carbons (Fsp3) is 0.190. The lowest BCUT2D eigenvalue weighted by atomic mass is 10.1. The van der Waals surface area contributed by atoms with E-state index in [2.05, 4.69) is 0 Å². The van der Waals surface area contributed by atoms with Gasteiger partial charge >= 0.3 is 0 Å². The van der Waals surface area contributed by atoms with Crippen LogP contribution in [0, 0.1) is 0 Å². The zero-order chi connectivity index (χ0) is 19.4. The van der Waals surface area contributed by atoms with E-state index in [0.717, 1.165) is 16.9 Å². The number of benzene rings is 2. The number of methoxy groups -OCH3 is 4. The summed E-state index contributed by atoms with van der Waals surface area (Å²) in [5, 5.41) is 1.96. The van der Waals surface area contributed by atoms with Gasteiger partial charge in [-0.15, -0.1) is 11.3 Å². The smallest absolute Gasteiger partial charge is 0.203 e. The summed E-state index contributed by atoms with van der Waals surface area (Å²) < 4.78 is 21.3. The first-order valence-corrected chi connectivity index (χ1v) is 9.07. The van der Waals surface area contributed by atoms with Gasteiger partial charge in [-0.25, -0.2) is 0 Å². The quantitative estimate of drug-likeness (QED) is 0.554. The van der Waals surface area contributed by atoms with Crippen LogP contribution in [-0.4, -0.2) is 34.2 Å². The third-order valence-electron chi connectivity index (χ3n) is 4.15. The summed E-state index contributed by atoms with van der Waals surface area (Å²) in [5.41, 5.74) is 2.44. The van der Waals surface area contributed by atoms with Gasteiger partial charge in [0, 0.05) is 5.56 Å². The molecule has 0 atom stereocenters. The van der Waals surface area contributed by atoms with Crippen LogP contribution in [0.25, 0.3) is 11.1 Å². The Kier molecular flexibility index (Phi) is 5.66. The molecule has 140 valence electrons. The van der Waals surface area contributed by atoms with Crippen molar-refractivity contribution in [2.24, 2.45) is 0 Å². The van der Waals surface area contributed by atoms with Crippen LogP contribution in [-0.2, 0) is 0 Å². The van der Waals surface area contributed by atoms with Gasteiger partial charge in [0.2, 0.25) is 11.5 Å². The minimum Gasteiger partial charge on any atom is -0.497 e. The van der Waals surface area contributed by atoms with E-state index < -0.39 is 0 Å². The monoisotopic (exact) mass is 384 g/mol. The number of ketones is 1. The van der Waals surface area contributed by atoms with Crippen molar-refractivity contribution in [1.29, 1.82) is 0 Å². The molecule has 0 aliphatic carbocycles. The minimum absolute atomic E-state index is 0.103. The zero-order valence-corrected chi connectivity index (χ0v) is 16.4. The van der Waals surface area contributed by atoms with Crippen molar-refractivity contribution < 1.29 is 23.7 Å². The number of hydrogen-bond acceptors (Lipinski definition) is 6. The van der Waals surface area contributed by atoms with Crippen molar-refractivity contribution in [1.82, 2.24) is 0 Å². The molecule has 0 fully saturated rings. The van der Waals surface area contributed by atoms with E-state index in [1.807, 2.05) is 35.7 Å². The van der Waals surface area contributed by atoms with Crippen LogP contribution in [0.2, 0.25) is 0 Å². The normalized spacial score (nSPS) is 10.4. The molecule has 5 nitrogen and oxygen atoms in total. The number of carbonyl (C=O) groups excluding carboxylic acids is 1. The molecule has 0 aliphatic rings. The molecule has 0 aliphatic heterocycles. The third kappa shape index (κ3) is 3.75. The second-order valence-electron chi connectivity index (χ2n) is 5.67.